The van der Waals surface area contributed by atoms with E-state index in [0.29, 0.717) is 48.5 Å². The molecule has 0 saturated carbocycles. The SMILES string of the molecule is CN1CCN([C@@H]2CCCN(c3nnc(C(N)=O)c(Nc4ccc(C5CCN(CC6CCN(c7ccc8c(c7)C(=O)N(C7CCC(=O)NC7=O)C8=O)CC6)CC5)cc4)n3)C2)C1=O. The Labute approximate surface area is 353 Å². The summed E-state index contributed by atoms with van der Waals surface area (Å²) in [6.45, 7) is 7.51. The number of urea groups is 1. The molecule has 3 aromatic rings. The van der Waals surface area contributed by atoms with E-state index in [1.54, 1.807) is 17.0 Å². The van der Waals surface area contributed by atoms with Crippen LogP contribution in [0, 0.1) is 5.92 Å². The first-order valence-corrected chi connectivity index (χ1v) is 21.5. The van der Waals surface area contributed by atoms with Crippen LogP contribution in [0.2, 0.25) is 0 Å². The molecule has 6 aliphatic heterocycles. The van der Waals surface area contributed by atoms with Gasteiger partial charge in [-0.1, -0.05) is 12.1 Å². The van der Waals surface area contributed by atoms with E-state index in [-0.39, 0.29) is 36.4 Å². The number of amides is 7. The molecule has 7 heterocycles. The highest BCUT2D eigenvalue weighted by atomic mass is 16.2. The highest BCUT2D eigenvalue weighted by Crippen LogP contribution is 2.34. The third kappa shape index (κ3) is 8.07. The number of hydrogen-bond donors (Lipinski definition) is 3. The van der Waals surface area contributed by atoms with Gasteiger partial charge in [-0.15, -0.1) is 10.2 Å². The largest absolute Gasteiger partial charge is 0.371 e. The maximum Gasteiger partial charge on any atom is 0.320 e. The van der Waals surface area contributed by atoms with Gasteiger partial charge in [0.2, 0.25) is 17.8 Å². The van der Waals surface area contributed by atoms with Crippen LogP contribution in [0.1, 0.15) is 94.1 Å². The Balaban J connectivity index is 0.754. The van der Waals surface area contributed by atoms with E-state index in [2.05, 4.69) is 42.8 Å². The maximum absolute atomic E-state index is 13.4. The topological polar surface area (TPSA) is 211 Å². The van der Waals surface area contributed by atoms with Crippen molar-refractivity contribution in [3.63, 3.8) is 0 Å². The smallest absolute Gasteiger partial charge is 0.320 e. The first-order valence-electron chi connectivity index (χ1n) is 21.5. The Morgan fingerprint density at radius 2 is 1.57 bits per heavy atom. The number of hydrogen-bond acceptors (Lipinski definition) is 13. The summed E-state index contributed by atoms with van der Waals surface area (Å²) in [7, 11) is 1.82. The fraction of sp³-hybridized carbons (Fsp3) is 0.512. The number of fused-ring (bicyclic) bond motifs is 1. The monoisotopic (exact) mass is 832 g/mol. The van der Waals surface area contributed by atoms with Crippen LogP contribution in [-0.4, -0.2) is 148 Å². The molecule has 7 amide bonds. The molecule has 0 spiro atoms. The Morgan fingerprint density at radius 1 is 0.820 bits per heavy atom. The number of benzene rings is 2. The van der Waals surface area contributed by atoms with Crippen molar-refractivity contribution >= 4 is 58.7 Å². The number of imide groups is 2. The Kier molecular flexibility index (Phi) is 11.0. The van der Waals surface area contributed by atoms with Crippen molar-refractivity contribution in [1.82, 2.24) is 40.1 Å². The number of nitrogens with zero attached hydrogens (tertiary/aromatic N) is 9. The minimum Gasteiger partial charge on any atom is -0.371 e. The number of primary amides is 1. The molecule has 0 aliphatic carbocycles. The molecule has 18 nitrogen and oxygen atoms in total. The summed E-state index contributed by atoms with van der Waals surface area (Å²) < 4.78 is 0. The van der Waals surface area contributed by atoms with E-state index >= 15 is 0 Å². The van der Waals surface area contributed by atoms with E-state index < -0.39 is 35.6 Å². The molecule has 61 heavy (non-hydrogen) atoms. The fourth-order valence-corrected chi connectivity index (χ4v) is 9.92. The number of carbonyl (C=O) groups is 6. The molecule has 18 heteroatoms. The van der Waals surface area contributed by atoms with Crippen LogP contribution >= 0.6 is 0 Å². The number of rotatable bonds is 10. The second-order valence-corrected chi connectivity index (χ2v) is 17.2. The van der Waals surface area contributed by atoms with Crippen LogP contribution in [-0.2, 0) is 9.59 Å². The van der Waals surface area contributed by atoms with E-state index in [1.807, 2.05) is 35.0 Å². The van der Waals surface area contributed by atoms with Gasteiger partial charge in [0.1, 0.15) is 6.04 Å². The number of anilines is 4. The van der Waals surface area contributed by atoms with Crippen LogP contribution in [0.15, 0.2) is 42.5 Å². The molecule has 9 rings (SSSR count). The normalized spacial score (nSPS) is 23.2. The highest BCUT2D eigenvalue weighted by Gasteiger charge is 2.45. The summed E-state index contributed by atoms with van der Waals surface area (Å²) in [5.74, 6) is -1.04. The fourth-order valence-electron chi connectivity index (χ4n) is 9.92. The van der Waals surface area contributed by atoms with Gasteiger partial charge in [0.05, 0.1) is 17.2 Å². The van der Waals surface area contributed by atoms with Gasteiger partial charge in [0.15, 0.2) is 11.5 Å². The van der Waals surface area contributed by atoms with Crippen molar-refractivity contribution in [3.8, 4) is 0 Å². The van der Waals surface area contributed by atoms with Crippen molar-refractivity contribution in [2.75, 3.05) is 81.1 Å². The first-order chi connectivity index (χ1) is 29.5. The first kappa shape index (κ1) is 40.2. The maximum atomic E-state index is 13.4. The predicted octanol–water partition coefficient (Wildman–Crippen LogP) is 2.55. The van der Waals surface area contributed by atoms with Gasteiger partial charge in [-0.25, -0.2) is 4.79 Å². The summed E-state index contributed by atoms with van der Waals surface area (Å²) in [6.07, 6.45) is 6.19. The van der Waals surface area contributed by atoms with Gasteiger partial charge in [0, 0.05) is 70.7 Å². The highest BCUT2D eigenvalue weighted by molar-refractivity contribution is 6.23. The minimum atomic E-state index is -0.974. The molecular formula is C43H52N12O6. The molecule has 4 N–H and O–H groups in total. The van der Waals surface area contributed by atoms with Crippen molar-refractivity contribution in [2.24, 2.45) is 11.7 Å². The third-order valence-electron chi connectivity index (χ3n) is 13.4. The van der Waals surface area contributed by atoms with Gasteiger partial charge < -0.3 is 35.6 Å². The second-order valence-electron chi connectivity index (χ2n) is 17.2. The molecule has 0 radical (unpaired) electrons. The van der Waals surface area contributed by atoms with E-state index in [0.717, 1.165) is 94.1 Å². The van der Waals surface area contributed by atoms with E-state index in [1.165, 1.54) is 5.56 Å². The Morgan fingerprint density at radius 3 is 2.28 bits per heavy atom. The molecule has 5 saturated heterocycles. The quantitative estimate of drug-likeness (QED) is 0.251. The van der Waals surface area contributed by atoms with Crippen molar-refractivity contribution < 1.29 is 28.8 Å². The van der Waals surface area contributed by atoms with Gasteiger partial charge >= 0.3 is 6.03 Å². The van der Waals surface area contributed by atoms with Gasteiger partial charge in [-0.05, 0) is 106 Å². The zero-order valence-corrected chi connectivity index (χ0v) is 34.4. The lowest BCUT2D eigenvalue weighted by molar-refractivity contribution is -0.136. The number of aromatic nitrogens is 3. The van der Waals surface area contributed by atoms with Gasteiger partial charge in [-0.3, -0.25) is 34.2 Å². The Bertz CT molecular complexity index is 2240. The summed E-state index contributed by atoms with van der Waals surface area (Å²) in [6, 6.07) is 12.7. The standard InChI is InChI=1S/C43H52N12O6/c1-50-21-22-54(43(50)61)31-3-2-16-53(25-31)42-47-38(36(37(44)57)48-49-42)45-29-6-4-27(5-7-29)28-14-17-51(18-15-28)24-26-12-19-52(20-13-26)30-8-9-32-33(23-30)41(60)55(40(32)59)34-10-11-35(56)46-39(34)58/h4-9,23,26,28,31,34H,2-3,10-22,24-25H2,1H3,(H2,44,57)(H,45,47,49)(H,46,56,58)/t31-,34?/m1/s1. The lowest BCUT2D eigenvalue weighted by Crippen LogP contribution is -2.54. The van der Waals surface area contributed by atoms with Crippen LogP contribution in [0.3, 0.4) is 0 Å². The lowest BCUT2D eigenvalue weighted by atomic mass is 9.88. The summed E-state index contributed by atoms with van der Waals surface area (Å²) in [5, 5.41) is 13.9. The molecule has 1 unspecified atom stereocenters. The Hall–Kier alpha value is -6.17. The lowest BCUT2D eigenvalue weighted by Gasteiger charge is -2.38. The number of nitrogens with two attached hydrogens (primary N) is 1. The summed E-state index contributed by atoms with van der Waals surface area (Å²) in [5.41, 5.74) is 9.18. The van der Waals surface area contributed by atoms with Crippen LogP contribution in [0.5, 0.6) is 0 Å². The zero-order valence-electron chi connectivity index (χ0n) is 34.4. The number of likely N-dealkylation sites (N-methyl/N-ethyl adjacent to an activating group) is 1. The van der Waals surface area contributed by atoms with Gasteiger partial charge in [-0.2, -0.15) is 4.98 Å². The average Bonchev–Trinajstić information content (AvgIpc) is 3.73. The minimum absolute atomic E-state index is 0.0340. The molecule has 5 fully saturated rings. The number of piperidine rings is 4. The number of nitrogens with one attached hydrogen (secondary N) is 2. The van der Waals surface area contributed by atoms with Crippen molar-refractivity contribution in [3.05, 3.63) is 64.8 Å². The predicted molar refractivity (Wildman–Crippen MR) is 225 cm³/mol. The summed E-state index contributed by atoms with van der Waals surface area (Å²) in [4.78, 5) is 91.8. The van der Waals surface area contributed by atoms with Crippen LogP contribution in [0.25, 0.3) is 0 Å². The molecule has 1 aromatic heterocycles. The average molecular weight is 833 g/mol. The number of carbonyl (C=O) groups excluding carboxylic acids is 6. The third-order valence-corrected chi connectivity index (χ3v) is 13.4. The van der Waals surface area contributed by atoms with Crippen molar-refractivity contribution in [2.45, 2.75) is 69.4 Å². The van der Waals surface area contributed by atoms with Gasteiger partial charge in [0.25, 0.3) is 17.7 Å². The molecule has 6 aliphatic rings. The molecule has 0 bridgehead atoms. The summed E-state index contributed by atoms with van der Waals surface area (Å²) >= 11 is 0. The molecular weight excluding hydrogens is 781 g/mol. The van der Waals surface area contributed by atoms with E-state index in [9.17, 15) is 28.8 Å². The zero-order chi connectivity index (χ0) is 42.4. The number of likely N-dealkylation sites (tertiary alicyclic amines) is 1. The molecule has 320 valence electrons. The van der Waals surface area contributed by atoms with Crippen LogP contribution < -0.4 is 26.2 Å². The second kappa shape index (κ2) is 16.7. The molecule has 2 aromatic carbocycles. The molecule has 2 atom stereocenters. The van der Waals surface area contributed by atoms with E-state index in [4.69, 9.17) is 10.7 Å². The van der Waals surface area contributed by atoms with Crippen LogP contribution in [0.4, 0.5) is 27.9 Å². The van der Waals surface area contributed by atoms with Crippen molar-refractivity contribution in [1.29, 1.82) is 0 Å².